The van der Waals surface area contributed by atoms with Crippen molar-refractivity contribution in [3.05, 3.63) is 27.7 Å². The molecular weight excluding hydrogens is 320 g/mol. The van der Waals surface area contributed by atoms with Gasteiger partial charge in [0, 0.05) is 5.75 Å². The lowest BCUT2D eigenvalue weighted by Crippen LogP contribution is -2.25. The molecule has 1 aromatic rings. The molecule has 2 nitrogen and oxygen atoms in total. The first-order chi connectivity index (χ1) is 8.08. The fraction of sp³-hybridized carbons (Fsp3) is 0.417. The van der Waals surface area contributed by atoms with Gasteiger partial charge in [0.2, 0.25) is 0 Å². The average molecular weight is 334 g/mol. The second-order valence-electron chi connectivity index (χ2n) is 4.19. The summed E-state index contributed by atoms with van der Waals surface area (Å²) < 4.78 is 0.885. The first kappa shape index (κ1) is 13.2. The van der Waals surface area contributed by atoms with Crippen LogP contribution in [0.15, 0.2) is 27.7 Å². The number of benzene rings is 1. The van der Waals surface area contributed by atoms with Gasteiger partial charge in [-0.2, -0.15) is 0 Å². The topological polar surface area (TPSA) is 24.4 Å². The summed E-state index contributed by atoms with van der Waals surface area (Å²) in [6, 6.07) is 6.14. The highest BCUT2D eigenvalue weighted by molar-refractivity contribution is 9.10. The van der Waals surface area contributed by atoms with Crippen LogP contribution < -0.4 is 5.32 Å². The number of aliphatic imine (C=N–C) groups is 1. The Balaban J connectivity index is 2.16. The van der Waals surface area contributed by atoms with Gasteiger partial charge >= 0.3 is 0 Å². The second-order valence-corrected chi connectivity index (χ2v) is 6.40. The standard InChI is InChI=1S/C12H14BrClN2S/c1-7-6-17-12(15-8(7)2)16-10-5-3-4-9(14)11(10)13/h3-5,7-8H,6H2,1-2H3,(H,15,16). The van der Waals surface area contributed by atoms with Crippen LogP contribution in [-0.2, 0) is 0 Å². The fourth-order valence-corrected chi connectivity index (χ4v) is 3.14. The van der Waals surface area contributed by atoms with Crippen molar-refractivity contribution < 1.29 is 0 Å². The van der Waals surface area contributed by atoms with Crippen LogP contribution in [0.25, 0.3) is 0 Å². The van der Waals surface area contributed by atoms with E-state index in [2.05, 4.69) is 40.1 Å². The smallest absolute Gasteiger partial charge is 0.161 e. The molecule has 0 radical (unpaired) electrons. The SMILES string of the molecule is CC1CSC(Nc2cccc(Cl)c2Br)=NC1C. The predicted octanol–water partition coefficient (Wildman–Crippen LogP) is 4.64. The minimum absolute atomic E-state index is 0.372. The third-order valence-corrected chi connectivity index (χ3v) is 5.39. The highest BCUT2D eigenvalue weighted by Gasteiger charge is 2.19. The fourth-order valence-electron chi connectivity index (χ4n) is 1.48. The van der Waals surface area contributed by atoms with E-state index in [-0.39, 0.29) is 0 Å². The lowest BCUT2D eigenvalue weighted by molar-refractivity contribution is 0.537. The Kier molecular flexibility index (Phi) is 4.39. The van der Waals surface area contributed by atoms with Crippen LogP contribution in [0, 0.1) is 5.92 Å². The van der Waals surface area contributed by atoms with Gasteiger partial charge in [-0.15, -0.1) is 0 Å². The highest BCUT2D eigenvalue weighted by Crippen LogP contribution is 2.32. The van der Waals surface area contributed by atoms with E-state index in [9.17, 15) is 0 Å². The number of anilines is 1. The average Bonchev–Trinajstić information content (AvgIpc) is 2.30. The van der Waals surface area contributed by atoms with Gasteiger partial charge in [0.1, 0.15) is 0 Å². The predicted molar refractivity (Wildman–Crippen MR) is 81.3 cm³/mol. The molecule has 0 bridgehead atoms. The first-order valence-corrected chi connectivity index (χ1v) is 7.65. The number of halogens is 2. The number of amidine groups is 1. The summed E-state index contributed by atoms with van der Waals surface area (Å²) in [6.45, 7) is 4.38. The molecule has 0 spiro atoms. The van der Waals surface area contributed by atoms with Gasteiger partial charge in [-0.1, -0.05) is 36.4 Å². The van der Waals surface area contributed by atoms with E-state index in [0.29, 0.717) is 17.0 Å². The molecule has 1 N–H and O–H groups in total. The van der Waals surface area contributed by atoms with Gasteiger partial charge in [-0.05, 0) is 40.9 Å². The molecule has 0 aliphatic carbocycles. The second kappa shape index (κ2) is 5.63. The molecule has 5 heteroatoms. The molecule has 1 aliphatic heterocycles. The molecule has 1 heterocycles. The van der Waals surface area contributed by atoms with Crippen molar-refractivity contribution in [1.29, 1.82) is 0 Å². The Morgan fingerprint density at radius 1 is 1.47 bits per heavy atom. The summed E-state index contributed by atoms with van der Waals surface area (Å²) in [5, 5.41) is 5.00. The minimum atomic E-state index is 0.372. The maximum absolute atomic E-state index is 6.05. The maximum Gasteiger partial charge on any atom is 0.161 e. The lowest BCUT2D eigenvalue weighted by Gasteiger charge is -2.24. The number of hydrogen-bond donors (Lipinski definition) is 1. The summed E-state index contributed by atoms with van der Waals surface area (Å²) in [4.78, 5) is 4.63. The van der Waals surface area contributed by atoms with E-state index in [4.69, 9.17) is 11.6 Å². The Labute approximate surface area is 119 Å². The van der Waals surface area contributed by atoms with Crippen molar-refractivity contribution in [2.75, 3.05) is 11.1 Å². The third-order valence-electron chi connectivity index (χ3n) is 2.82. The number of rotatable bonds is 1. The molecule has 0 fully saturated rings. The largest absolute Gasteiger partial charge is 0.334 e. The number of nitrogens with zero attached hydrogens (tertiary/aromatic N) is 1. The zero-order chi connectivity index (χ0) is 12.4. The first-order valence-electron chi connectivity index (χ1n) is 5.49. The molecule has 0 amide bonds. The maximum atomic E-state index is 6.05. The van der Waals surface area contributed by atoms with Crippen molar-refractivity contribution in [1.82, 2.24) is 0 Å². The number of hydrogen-bond acceptors (Lipinski definition) is 3. The van der Waals surface area contributed by atoms with E-state index in [0.717, 1.165) is 21.1 Å². The van der Waals surface area contributed by atoms with Gasteiger partial charge in [0.05, 0.1) is 21.2 Å². The molecule has 2 atom stereocenters. The van der Waals surface area contributed by atoms with E-state index >= 15 is 0 Å². The van der Waals surface area contributed by atoms with Crippen LogP contribution in [0.5, 0.6) is 0 Å². The summed E-state index contributed by atoms with van der Waals surface area (Å²) in [5.74, 6) is 1.74. The molecule has 0 saturated heterocycles. The Bertz CT molecular complexity index is 450. The zero-order valence-electron chi connectivity index (χ0n) is 9.71. The van der Waals surface area contributed by atoms with Crippen LogP contribution in [0.2, 0.25) is 5.02 Å². The Morgan fingerprint density at radius 3 is 2.94 bits per heavy atom. The van der Waals surface area contributed by atoms with Crippen LogP contribution in [0.3, 0.4) is 0 Å². The van der Waals surface area contributed by atoms with Crippen molar-refractivity contribution in [2.45, 2.75) is 19.9 Å². The highest BCUT2D eigenvalue weighted by atomic mass is 79.9. The normalized spacial score (nSPS) is 24.4. The van der Waals surface area contributed by atoms with Gasteiger partial charge < -0.3 is 5.32 Å². The van der Waals surface area contributed by atoms with Gasteiger partial charge in [0.15, 0.2) is 5.17 Å². The number of nitrogens with one attached hydrogen (secondary N) is 1. The van der Waals surface area contributed by atoms with E-state index in [1.54, 1.807) is 11.8 Å². The van der Waals surface area contributed by atoms with Crippen molar-refractivity contribution in [3.63, 3.8) is 0 Å². The molecule has 1 aromatic carbocycles. The van der Waals surface area contributed by atoms with Gasteiger partial charge in [0.25, 0.3) is 0 Å². The lowest BCUT2D eigenvalue weighted by atomic mass is 10.1. The van der Waals surface area contributed by atoms with Crippen LogP contribution in [-0.4, -0.2) is 17.0 Å². The van der Waals surface area contributed by atoms with E-state index in [1.807, 2.05) is 18.2 Å². The molecule has 0 aromatic heterocycles. The molecular formula is C12H14BrClN2S. The summed E-state index contributed by atoms with van der Waals surface area (Å²) in [7, 11) is 0. The van der Waals surface area contributed by atoms with E-state index in [1.165, 1.54) is 0 Å². The molecule has 1 aliphatic rings. The zero-order valence-corrected chi connectivity index (χ0v) is 12.9. The van der Waals surface area contributed by atoms with Crippen molar-refractivity contribution in [3.8, 4) is 0 Å². The Morgan fingerprint density at radius 2 is 2.24 bits per heavy atom. The summed E-state index contributed by atoms with van der Waals surface area (Å²) in [5.41, 5.74) is 0.963. The van der Waals surface area contributed by atoms with Gasteiger partial charge in [-0.3, -0.25) is 4.99 Å². The van der Waals surface area contributed by atoms with Crippen molar-refractivity contribution >= 4 is 50.1 Å². The molecule has 17 heavy (non-hydrogen) atoms. The summed E-state index contributed by atoms with van der Waals surface area (Å²) >= 11 is 11.3. The van der Waals surface area contributed by atoms with Gasteiger partial charge in [-0.25, -0.2) is 0 Å². The van der Waals surface area contributed by atoms with Crippen LogP contribution in [0.4, 0.5) is 5.69 Å². The Hall–Kier alpha value is -0.190. The molecule has 2 unspecified atom stereocenters. The van der Waals surface area contributed by atoms with E-state index < -0.39 is 0 Å². The monoisotopic (exact) mass is 332 g/mol. The molecule has 0 saturated carbocycles. The molecule has 92 valence electrons. The minimum Gasteiger partial charge on any atom is -0.334 e. The molecule has 2 rings (SSSR count). The quantitative estimate of drug-likeness (QED) is 0.809. The van der Waals surface area contributed by atoms with Crippen molar-refractivity contribution in [2.24, 2.45) is 10.9 Å². The third kappa shape index (κ3) is 3.18. The number of thioether (sulfide) groups is 1. The summed E-state index contributed by atoms with van der Waals surface area (Å²) in [6.07, 6.45) is 0. The van der Waals surface area contributed by atoms with Crippen LogP contribution >= 0.6 is 39.3 Å². The van der Waals surface area contributed by atoms with Crippen LogP contribution in [0.1, 0.15) is 13.8 Å².